The predicted molar refractivity (Wildman–Crippen MR) is 60.5 cm³/mol. The van der Waals surface area contributed by atoms with Crippen LogP contribution in [0.5, 0.6) is 0 Å². The molecule has 1 aromatic heterocycles. The molecule has 0 spiro atoms. The molecule has 2 aromatic rings. The zero-order valence-electron chi connectivity index (χ0n) is 8.53. The summed E-state index contributed by atoms with van der Waals surface area (Å²) in [5.41, 5.74) is 6.29. The highest BCUT2D eigenvalue weighted by molar-refractivity contribution is 6.31. The van der Waals surface area contributed by atoms with Crippen LogP contribution in [0.15, 0.2) is 28.7 Å². The molecule has 1 aromatic carbocycles. The number of nitrogens with two attached hydrogens (primary N) is 1. The average Bonchev–Trinajstić information content (AvgIpc) is 2.57. The van der Waals surface area contributed by atoms with E-state index < -0.39 is 0 Å². The molecular weight excluding hydrogens is 228 g/mol. The van der Waals surface area contributed by atoms with Gasteiger partial charge in [-0.3, -0.25) is 4.79 Å². The number of oxazole rings is 1. The van der Waals surface area contributed by atoms with Crippen LogP contribution in [0.1, 0.15) is 21.8 Å². The summed E-state index contributed by atoms with van der Waals surface area (Å²) in [7, 11) is 0. The van der Waals surface area contributed by atoms with Crippen LogP contribution in [-0.2, 0) is 0 Å². The second-order valence-corrected chi connectivity index (χ2v) is 3.74. The maximum absolute atomic E-state index is 12.0. The summed E-state index contributed by atoms with van der Waals surface area (Å²) in [4.78, 5) is 15.8. The van der Waals surface area contributed by atoms with Crippen LogP contribution in [0.4, 0.5) is 6.01 Å². The minimum Gasteiger partial charge on any atom is -0.420 e. The fourth-order valence-electron chi connectivity index (χ4n) is 1.39. The van der Waals surface area contributed by atoms with E-state index >= 15 is 0 Å². The van der Waals surface area contributed by atoms with Crippen molar-refractivity contribution in [3.05, 3.63) is 46.3 Å². The number of hydrogen-bond acceptors (Lipinski definition) is 4. The summed E-state index contributed by atoms with van der Waals surface area (Å²) < 4.78 is 5.04. The first-order valence-corrected chi connectivity index (χ1v) is 4.99. The van der Waals surface area contributed by atoms with Gasteiger partial charge in [0.2, 0.25) is 5.78 Å². The maximum Gasteiger partial charge on any atom is 0.292 e. The van der Waals surface area contributed by atoms with Crippen molar-refractivity contribution in [2.75, 3.05) is 5.73 Å². The SMILES string of the molecule is Cc1nc(N)oc1C(=O)c1cccc(Cl)c1. The molecule has 0 aliphatic rings. The zero-order chi connectivity index (χ0) is 11.7. The molecule has 0 atom stereocenters. The number of nitrogen functional groups attached to an aromatic ring is 1. The molecule has 2 N–H and O–H groups in total. The molecule has 2 rings (SSSR count). The van der Waals surface area contributed by atoms with E-state index in [-0.39, 0.29) is 17.6 Å². The highest BCUT2D eigenvalue weighted by Gasteiger charge is 2.18. The number of nitrogens with zero attached hydrogens (tertiary/aromatic N) is 1. The fourth-order valence-corrected chi connectivity index (χ4v) is 1.58. The van der Waals surface area contributed by atoms with Gasteiger partial charge in [-0.15, -0.1) is 0 Å². The topological polar surface area (TPSA) is 69.1 Å². The number of hydrogen-bond donors (Lipinski definition) is 1. The molecule has 0 amide bonds. The number of anilines is 1. The third kappa shape index (κ3) is 1.92. The molecular formula is C11H9ClN2O2. The highest BCUT2D eigenvalue weighted by Crippen LogP contribution is 2.18. The fraction of sp³-hybridized carbons (Fsp3) is 0.0909. The van der Waals surface area contributed by atoms with Gasteiger partial charge >= 0.3 is 0 Å². The molecule has 0 radical (unpaired) electrons. The molecule has 0 saturated heterocycles. The lowest BCUT2D eigenvalue weighted by molar-refractivity contribution is 0.101. The number of ketones is 1. The Kier molecular flexibility index (Phi) is 2.66. The third-order valence-electron chi connectivity index (χ3n) is 2.11. The molecule has 1 heterocycles. The lowest BCUT2D eigenvalue weighted by atomic mass is 10.1. The Labute approximate surface area is 97.0 Å². The number of carbonyl (C=O) groups is 1. The number of halogens is 1. The summed E-state index contributed by atoms with van der Waals surface area (Å²) in [5.74, 6) is -0.121. The van der Waals surface area contributed by atoms with Crippen LogP contribution in [0, 0.1) is 6.92 Å². The van der Waals surface area contributed by atoms with Gasteiger partial charge in [0, 0.05) is 10.6 Å². The first kappa shape index (κ1) is 10.7. The van der Waals surface area contributed by atoms with Crippen LogP contribution in [0.3, 0.4) is 0 Å². The molecule has 5 heteroatoms. The number of carbonyl (C=O) groups excluding carboxylic acids is 1. The van der Waals surface area contributed by atoms with Crippen molar-refractivity contribution >= 4 is 23.4 Å². The lowest BCUT2D eigenvalue weighted by Gasteiger charge is -1.98. The average molecular weight is 237 g/mol. The van der Waals surface area contributed by atoms with Crippen molar-refractivity contribution in [2.45, 2.75) is 6.92 Å². The van der Waals surface area contributed by atoms with Crippen molar-refractivity contribution in [3.8, 4) is 0 Å². The number of aromatic nitrogens is 1. The van der Waals surface area contributed by atoms with E-state index in [1.54, 1.807) is 31.2 Å². The zero-order valence-corrected chi connectivity index (χ0v) is 9.28. The Hall–Kier alpha value is -1.81. The lowest BCUT2D eigenvalue weighted by Crippen LogP contribution is -2.01. The Morgan fingerprint density at radius 3 is 2.81 bits per heavy atom. The predicted octanol–water partition coefficient (Wildman–Crippen LogP) is 2.45. The monoisotopic (exact) mass is 236 g/mol. The quantitative estimate of drug-likeness (QED) is 0.814. The maximum atomic E-state index is 12.0. The van der Waals surface area contributed by atoms with Crippen LogP contribution < -0.4 is 5.73 Å². The molecule has 0 bridgehead atoms. The summed E-state index contributed by atoms with van der Waals surface area (Å²) in [6.45, 7) is 1.66. The van der Waals surface area contributed by atoms with Crippen molar-refractivity contribution in [2.24, 2.45) is 0 Å². The summed E-state index contributed by atoms with van der Waals surface area (Å²) in [6.07, 6.45) is 0. The van der Waals surface area contributed by atoms with Crippen molar-refractivity contribution in [3.63, 3.8) is 0 Å². The Bertz CT molecular complexity index is 549. The van der Waals surface area contributed by atoms with Gasteiger partial charge in [-0.25, -0.2) is 0 Å². The van der Waals surface area contributed by atoms with Gasteiger partial charge in [0.15, 0.2) is 5.76 Å². The molecule has 0 aliphatic heterocycles. The Morgan fingerprint density at radius 1 is 1.50 bits per heavy atom. The van der Waals surface area contributed by atoms with Gasteiger partial charge in [0.05, 0.1) is 5.69 Å². The van der Waals surface area contributed by atoms with Crippen molar-refractivity contribution < 1.29 is 9.21 Å². The van der Waals surface area contributed by atoms with Gasteiger partial charge in [0.25, 0.3) is 6.01 Å². The smallest absolute Gasteiger partial charge is 0.292 e. The molecule has 0 saturated carbocycles. The summed E-state index contributed by atoms with van der Waals surface area (Å²) in [6, 6.07) is 6.61. The van der Waals surface area contributed by atoms with E-state index in [0.29, 0.717) is 16.3 Å². The highest BCUT2D eigenvalue weighted by atomic mass is 35.5. The number of benzene rings is 1. The van der Waals surface area contributed by atoms with Gasteiger partial charge < -0.3 is 10.2 Å². The molecule has 0 aliphatic carbocycles. The molecule has 16 heavy (non-hydrogen) atoms. The van der Waals surface area contributed by atoms with Gasteiger partial charge in [-0.2, -0.15) is 4.98 Å². The van der Waals surface area contributed by atoms with E-state index in [2.05, 4.69) is 4.98 Å². The standard InChI is InChI=1S/C11H9ClN2O2/c1-6-10(16-11(13)14-6)9(15)7-3-2-4-8(12)5-7/h2-5H,1H3,(H2,13,14). The van der Waals surface area contributed by atoms with E-state index in [4.69, 9.17) is 21.8 Å². The Morgan fingerprint density at radius 2 is 2.25 bits per heavy atom. The summed E-state index contributed by atoms with van der Waals surface area (Å²) >= 11 is 5.80. The summed E-state index contributed by atoms with van der Waals surface area (Å²) in [5, 5.41) is 0.496. The third-order valence-corrected chi connectivity index (χ3v) is 2.34. The van der Waals surface area contributed by atoms with Crippen LogP contribution in [0.2, 0.25) is 5.02 Å². The Balaban J connectivity index is 2.43. The van der Waals surface area contributed by atoms with E-state index in [1.165, 1.54) is 0 Å². The van der Waals surface area contributed by atoms with Crippen LogP contribution in [0.25, 0.3) is 0 Å². The molecule has 0 unspecified atom stereocenters. The second-order valence-electron chi connectivity index (χ2n) is 3.31. The van der Waals surface area contributed by atoms with Gasteiger partial charge in [0.1, 0.15) is 0 Å². The normalized spacial score (nSPS) is 10.4. The van der Waals surface area contributed by atoms with Gasteiger partial charge in [-0.05, 0) is 19.1 Å². The van der Waals surface area contributed by atoms with Crippen LogP contribution >= 0.6 is 11.6 Å². The van der Waals surface area contributed by atoms with Crippen molar-refractivity contribution in [1.29, 1.82) is 0 Å². The first-order chi connectivity index (χ1) is 7.58. The van der Waals surface area contributed by atoms with E-state index in [0.717, 1.165) is 0 Å². The molecule has 0 fully saturated rings. The second kappa shape index (κ2) is 3.98. The number of rotatable bonds is 2. The van der Waals surface area contributed by atoms with E-state index in [9.17, 15) is 4.79 Å². The first-order valence-electron chi connectivity index (χ1n) is 4.61. The van der Waals surface area contributed by atoms with E-state index in [1.807, 2.05) is 0 Å². The molecule has 4 nitrogen and oxygen atoms in total. The molecule has 82 valence electrons. The van der Waals surface area contributed by atoms with Crippen molar-refractivity contribution in [1.82, 2.24) is 4.98 Å². The largest absolute Gasteiger partial charge is 0.420 e. The van der Waals surface area contributed by atoms with Gasteiger partial charge in [-0.1, -0.05) is 23.7 Å². The number of aryl methyl sites for hydroxylation is 1. The minimum absolute atomic E-state index is 0.0112. The minimum atomic E-state index is -0.274. The van der Waals surface area contributed by atoms with Crippen LogP contribution in [-0.4, -0.2) is 10.8 Å².